The van der Waals surface area contributed by atoms with Gasteiger partial charge in [0.25, 0.3) is 0 Å². The number of rotatable bonds is 2. The van der Waals surface area contributed by atoms with E-state index in [0.717, 1.165) is 10.8 Å². The lowest BCUT2D eigenvalue weighted by Crippen LogP contribution is -2.06. The Morgan fingerprint density at radius 2 is 1.48 bits per heavy atom. The summed E-state index contributed by atoms with van der Waals surface area (Å²) < 4.78 is 0. The van der Waals surface area contributed by atoms with Crippen LogP contribution in [0.4, 0.5) is 5.69 Å². The van der Waals surface area contributed by atoms with Gasteiger partial charge in [-0.2, -0.15) is 0 Å². The number of hydrogen-bond donors (Lipinski definition) is 1. The number of nitrogens with two attached hydrogens (primary N) is 1. The summed E-state index contributed by atoms with van der Waals surface area (Å²) in [5, 5.41) is 2.63. The molecule has 0 atom stereocenters. The highest BCUT2D eigenvalue weighted by atomic mass is 35.5. The molecule has 0 saturated heterocycles. The molecule has 104 valence electrons. The molecule has 0 spiro atoms. The molecule has 3 rings (SSSR count). The molecule has 0 aliphatic carbocycles. The SMILES string of the molecule is Nc1c(Cl)cccc1C(=O)c1ccc(Cl)c2ccccc12. The van der Waals surface area contributed by atoms with Crippen LogP contribution in [0.2, 0.25) is 10.0 Å². The molecule has 0 amide bonds. The van der Waals surface area contributed by atoms with Crippen LogP contribution in [0.1, 0.15) is 15.9 Å². The Morgan fingerprint density at radius 1 is 0.762 bits per heavy atom. The van der Waals surface area contributed by atoms with Gasteiger partial charge in [-0.05, 0) is 29.7 Å². The number of carbonyl (C=O) groups is 1. The van der Waals surface area contributed by atoms with Crippen molar-refractivity contribution in [2.75, 3.05) is 5.73 Å². The molecule has 0 aromatic heterocycles. The van der Waals surface area contributed by atoms with Crippen LogP contribution in [0.15, 0.2) is 54.6 Å². The number of benzene rings is 3. The zero-order valence-corrected chi connectivity index (χ0v) is 12.4. The molecule has 0 fully saturated rings. The van der Waals surface area contributed by atoms with E-state index in [9.17, 15) is 4.79 Å². The van der Waals surface area contributed by atoms with E-state index in [1.54, 1.807) is 30.3 Å². The summed E-state index contributed by atoms with van der Waals surface area (Å²) in [6.45, 7) is 0. The van der Waals surface area contributed by atoms with Crippen LogP contribution >= 0.6 is 23.2 Å². The lowest BCUT2D eigenvalue weighted by Gasteiger charge is -2.10. The number of ketones is 1. The Morgan fingerprint density at radius 3 is 2.24 bits per heavy atom. The van der Waals surface area contributed by atoms with Crippen LogP contribution in [0.25, 0.3) is 10.8 Å². The van der Waals surface area contributed by atoms with Gasteiger partial charge in [-0.25, -0.2) is 0 Å². The molecule has 3 aromatic rings. The Balaban J connectivity index is 2.23. The second-order valence-corrected chi connectivity index (χ2v) is 5.49. The molecule has 2 nitrogen and oxygen atoms in total. The minimum Gasteiger partial charge on any atom is -0.397 e. The largest absolute Gasteiger partial charge is 0.397 e. The normalized spacial score (nSPS) is 10.8. The highest BCUT2D eigenvalue weighted by molar-refractivity contribution is 6.37. The van der Waals surface area contributed by atoms with Crippen molar-refractivity contribution in [1.29, 1.82) is 0 Å². The quantitative estimate of drug-likeness (QED) is 0.536. The van der Waals surface area contributed by atoms with Crippen molar-refractivity contribution in [3.8, 4) is 0 Å². The maximum Gasteiger partial charge on any atom is 0.195 e. The van der Waals surface area contributed by atoms with E-state index < -0.39 is 0 Å². The molecule has 3 aromatic carbocycles. The first-order chi connectivity index (χ1) is 10.1. The second kappa shape index (κ2) is 5.40. The predicted octanol–water partition coefficient (Wildman–Crippen LogP) is 4.96. The topological polar surface area (TPSA) is 43.1 Å². The van der Waals surface area contributed by atoms with Crippen molar-refractivity contribution in [1.82, 2.24) is 0 Å². The first kappa shape index (κ1) is 13.9. The third kappa shape index (κ3) is 2.37. The first-order valence-corrected chi connectivity index (χ1v) is 7.11. The smallest absolute Gasteiger partial charge is 0.195 e. The van der Waals surface area contributed by atoms with Gasteiger partial charge in [-0.1, -0.05) is 53.5 Å². The number of carbonyl (C=O) groups excluding carboxylic acids is 1. The molecule has 0 aliphatic rings. The first-order valence-electron chi connectivity index (χ1n) is 6.35. The van der Waals surface area contributed by atoms with Gasteiger partial charge in [-0.3, -0.25) is 4.79 Å². The van der Waals surface area contributed by atoms with Crippen LogP contribution in [0.5, 0.6) is 0 Å². The van der Waals surface area contributed by atoms with Crippen molar-refractivity contribution in [3.63, 3.8) is 0 Å². The Kier molecular flexibility index (Phi) is 3.58. The summed E-state index contributed by atoms with van der Waals surface area (Å²) >= 11 is 12.2. The summed E-state index contributed by atoms with van der Waals surface area (Å²) in [6, 6.07) is 16.0. The fraction of sp³-hybridized carbons (Fsp3) is 0. The second-order valence-electron chi connectivity index (χ2n) is 4.67. The van der Waals surface area contributed by atoms with Gasteiger partial charge in [-0.15, -0.1) is 0 Å². The Bertz CT molecular complexity index is 859. The molecule has 4 heteroatoms. The molecule has 0 radical (unpaired) electrons. The summed E-state index contributed by atoms with van der Waals surface area (Å²) in [4.78, 5) is 12.8. The van der Waals surface area contributed by atoms with Gasteiger partial charge in [0.2, 0.25) is 0 Å². The minimum absolute atomic E-state index is 0.164. The Hall–Kier alpha value is -2.03. The number of nitrogen functional groups attached to an aromatic ring is 1. The van der Waals surface area contributed by atoms with E-state index in [2.05, 4.69) is 0 Å². The number of halogens is 2. The van der Waals surface area contributed by atoms with Gasteiger partial charge in [0.05, 0.1) is 10.7 Å². The van der Waals surface area contributed by atoms with E-state index >= 15 is 0 Å². The van der Waals surface area contributed by atoms with Crippen molar-refractivity contribution in [3.05, 3.63) is 75.8 Å². The monoisotopic (exact) mass is 315 g/mol. The van der Waals surface area contributed by atoms with Crippen LogP contribution in [0, 0.1) is 0 Å². The van der Waals surface area contributed by atoms with Gasteiger partial charge in [0.1, 0.15) is 0 Å². The molecule has 21 heavy (non-hydrogen) atoms. The third-order valence-electron chi connectivity index (χ3n) is 3.41. The maximum atomic E-state index is 12.8. The fourth-order valence-electron chi connectivity index (χ4n) is 2.34. The fourth-order valence-corrected chi connectivity index (χ4v) is 2.74. The predicted molar refractivity (Wildman–Crippen MR) is 88.3 cm³/mol. The number of hydrogen-bond acceptors (Lipinski definition) is 2. The molecule has 0 heterocycles. The highest BCUT2D eigenvalue weighted by Crippen LogP contribution is 2.30. The van der Waals surface area contributed by atoms with Gasteiger partial charge >= 0.3 is 0 Å². The average Bonchev–Trinajstić information content (AvgIpc) is 2.50. The maximum absolute atomic E-state index is 12.8. The lowest BCUT2D eigenvalue weighted by atomic mass is 9.96. The minimum atomic E-state index is -0.164. The van der Waals surface area contributed by atoms with E-state index in [0.29, 0.717) is 26.9 Å². The van der Waals surface area contributed by atoms with Crippen LogP contribution < -0.4 is 5.73 Å². The lowest BCUT2D eigenvalue weighted by molar-refractivity contribution is 0.104. The standard InChI is InChI=1S/C17H11Cl2NO/c18-14-9-8-12(10-4-1-2-5-11(10)14)17(21)13-6-3-7-15(19)16(13)20/h1-9H,20H2. The van der Waals surface area contributed by atoms with Crippen molar-refractivity contribution < 1.29 is 4.79 Å². The van der Waals surface area contributed by atoms with Gasteiger partial charge < -0.3 is 5.73 Å². The van der Waals surface area contributed by atoms with E-state index in [4.69, 9.17) is 28.9 Å². The third-order valence-corrected chi connectivity index (χ3v) is 4.07. The van der Waals surface area contributed by atoms with Crippen LogP contribution in [0.3, 0.4) is 0 Å². The molecule has 0 unspecified atom stereocenters. The molecule has 0 saturated carbocycles. The Labute approximate surface area is 132 Å². The van der Waals surface area contributed by atoms with Crippen molar-refractivity contribution in [2.45, 2.75) is 0 Å². The highest BCUT2D eigenvalue weighted by Gasteiger charge is 2.17. The summed E-state index contributed by atoms with van der Waals surface area (Å²) in [5.41, 5.74) is 7.17. The number of fused-ring (bicyclic) bond motifs is 1. The summed E-state index contributed by atoms with van der Waals surface area (Å²) in [7, 11) is 0. The van der Waals surface area contributed by atoms with E-state index in [1.165, 1.54) is 0 Å². The van der Waals surface area contributed by atoms with Crippen molar-refractivity contribution >= 4 is 45.4 Å². The average molecular weight is 316 g/mol. The zero-order chi connectivity index (χ0) is 15.0. The van der Waals surface area contributed by atoms with Gasteiger partial charge in [0.15, 0.2) is 5.78 Å². The number of anilines is 1. The molecule has 0 aliphatic heterocycles. The number of para-hydroxylation sites is 1. The van der Waals surface area contributed by atoms with Crippen molar-refractivity contribution in [2.24, 2.45) is 0 Å². The molecular formula is C17H11Cl2NO. The van der Waals surface area contributed by atoms with Crippen LogP contribution in [-0.4, -0.2) is 5.78 Å². The molecule has 2 N–H and O–H groups in total. The summed E-state index contributed by atoms with van der Waals surface area (Å²) in [6.07, 6.45) is 0. The zero-order valence-electron chi connectivity index (χ0n) is 10.9. The van der Waals surface area contributed by atoms with Crippen LogP contribution in [-0.2, 0) is 0 Å². The van der Waals surface area contributed by atoms with E-state index in [-0.39, 0.29) is 5.78 Å². The molecule has 0 bridgehead atoms. The van der Waals surface area contributed by atoms with Gasteiger partial charge in [0, 0.05) is 21.5 Å². The summed E-state index contributed by atoms with van der Waals surface area (Å²) in [5.74, 6) is -0.164. The molecular weight excluding hydrogens is 305 g/mol. The van der Waals surface area contributed by atoms with E-state index in [1.807, 2.05) is 24.3 Å².